The largest absolute Gasteiger partial charge is 0.497 e. The number of halogens is 1. The lowest BCUT2D eigenvalue weighted by molar-refractivity contribution is 0.174. The van der Waals surface area contributed by atoms with Gasteiger partial charge in [0, 0.05) is 6.42 Å². The van der Waals surface area contributed by atoms with Crippen LogP contribution in [0.2, 0.25) is 0 Å². The van der Waals surface area contributed by atoms with Gasteiger partial charge in [-0.15, -0.1) is 0 Å². The van der Waals surface area contributed by atoms with Gasteiger partial charge in [0.05, 0.1) is 13.2 Å². The summed E-state index contributed by atoms with van der Waals surface area (Å²) in [4.78, 5) is 0. The van der Waals surface area contributed by atoms with Crippen molar-refractivity contribution in [3.05, 3.63) is 65.5 Å². The average Bonchev–Trinajstić information content (AvgIpc) is 2.41. The van der Waals surface area contributed by atoms with E-state index in [1.54, 1.807) is 25.3 Å². The van der Waals surface area contributed by atoms with Crippen LogP contribution in [0, 0.1) is 5.82 Å². The zero-order valence-corrected chi connectivity index (χ0v) is 10.8. The number of benzene rings is 2. The predicted molar refractivity (Wildman–Crippen MR) is 72.8 cm³/mol. The van der Waals surface area contributed by atoms with E-state index in [1.165, 1.54) is 6.07 Å². The van der Waals surface area contributed by atoms with E-state index in [4.69, 9.17) is 4.74 Å². The minimum absolute atomic E-state index is 0.271. The highest BCUT2D eigenvalue weighted by Crippen LogP contribution is 2.16. The maximum Gasteiger partial charge on any atom is 0.126 e. The van der Waals surface area contributed by atoms with Crippen molar-refractivity contribution >= 4 is 0 Å². The van der Waals surface area contributed by atoms with Crippen molar-refractivity contribution in [2.75, 3.05) is 7.11 Å². The van der Waals surface area contributed by atoms with Crippen LogP contribution < -0.4 is 4.74 Å². The molecular weight excluding hydrogens is 243 g/mol. The Balaban J connectivity index is 2.01. The first-order valence-corrected chi connectivity index (χ1v) is 6.23. The molecule has 2 nitrogen and oxygen atoms in total. The van der Waals surface area contributed by atoms with Crippen LogP contribution in [0.3, 0.4) is 0 Å². The summed E-state index contributed by atoms with van der Waals surface area (Å²) in [7, 11) is 1.61. The Labute approximate surface area is 112 Å². The second kappa shape index (κ2) is 6.34. The van der Waals surface area contributed by atoms with Gasteiger partial charge in [-0.25, -0.2) is 4.39 Å². The number of aliphatic hydroxyl groups is 1. The molecule has 0 aliphatic heterocycles. The first-order valence-electron chi connectivity index (χ1n) is 6.23. The van der Waals surface area contributed by atoms with E-state index in [-0.39, 0.29) is 5.82 Å². The second-order valence-electron chi connectivity index (χ2n) is 4.51. The van der Waals surface area contributed by atoms with Crippen molar-refractivity contribution in [1.82, 2.24) is 0 Å². The summed E-state index contributed by atoms with van der Waals surface area (Å²) in [5, 5.41) is 10.0. The quantitative estimate of drug-likeness (QED) is 0.895. The summed E-state index contributed by atoms with van der Waals surface area (Å²) in [6.45, 7) is 0. The fourth-order valence-electron chi connectivity index (χ4n) is 2.06. The molecule has 0 radical (unpaired) electrons. The SMILES string of the molecule is COc1cccc(CC(O)Cc2ccccc2F)c1. The summed E-state index contributed by atoms with van der Waals surface area (Å²) in [6.07, 6.45) is 0.180. The van der Waals surface area contributed by atoms with E-state index < -0.39 is 6.10 Å². The Kier molecular flexibility index (Phi) is 4.53. The van der Waals surface area contributed by atoms with Crippen molar-refractivity contribution in [2.45, 2.75) is 18.9 Å². The highest BCUT2D eigenvalue weighted by molar-refractivity contribution is 5.29. The van der Waals surface area contributed by atoms with Crippen molar-refractivity contribution in [1.29, 1.82) is 0 Å². The summed E-state index contributed by atoms with van der Waals surface area (Å²) >= 11 is 0. The molecule has 0 bridgehead atoms. The third kappa shape index (κ3) is 3.80. The lowest BCUT2D eigenvalue weighted by Crippen LogP contribution is -2.14. The van der Waals surface area contributed by atoms with E-state index in [0.717, 1.165) is 11.3 Å². The van der Waals surface area contributed by atoms with Gasteiger partial charge >= 0.3 is 0 Å². The molecule has 2 aromatic rings. The smallest absolute Gasteiger partial charge is 0.126 e. The maximum absolute atomic E-state index is 13.5. The van der Waals surface area contributed by atoms with Gasteiger partial charge < -0.3 is 9.84 Å². The zero-order chi connectivity index (χ0) is 13.7. The van der Waals surface area contributed by atoms with Crippen molar-refractivity contribution in [3.8, 4) is 5.75 Å². The molecule has 19 heavy (non-hydrogen) atoms. The van der Waals surface area contributed by atoms with E-state index in [2.05, 4.69) is 0 Å². The Morgan fingerprint density at radius 3 is 2.63 bits per heavy atom. The Hall–Kier alpha value is -1.87. The number of hydrogen-bond donors (Lipinski definition) is 1. The fourth-order valence-corrected chi connectivity index (χ4v) is 2.06. The summed E-state index contributed by atoms with van der Waals surface area (Å²) < 4.78 is 18.6. The van der Waals surface area contributed by atoms with Crippen LogP contribution in [0.4, 0.5) is 4.39 Å². The lowest BCUT2D eigenvalue weighted by atomic mass is 10.0. The maximum atomic E-state index is 13.5. The molecule has 0 aliphatic carbocycles. The van der Waals surface area contributed by atoms with Gasteiger partial charge in [0.2, 0.25) is 0 Å². The van der Waals surface area contributed by atoms with Crippen LogP contribution in [-0.2, 0) is 12.8 Å². The third-order valence-corrected chi connectivity index (χ3v) is 3.02. The lowest BCUT2D eigenvalue weighted by Gasteiger charge is -2.12. The van der Waals surface area contributed by atoms with Gasteiger partial charge in [-0.3, -0.25) is 0 Å². The minimum atomic E-state index is -0.607. The molecule has 0 saturated heterocycles. The Morgan fingerprint density at radius 2 is 1.89 bits per heavy atom. The predicted octanol–water partition coefficient (Wildman–Crippen LogP) is 2.98. The van der Waals surface area contributed by atoms with E-state index in [0.29, 0.717) is 18.4 Å². The van der Waals surface area contributed by atoms with Crippen LogP contribution in [0.5, 0.6) is 5.75 Å². The van der Waals surface area contributed by atoms with Crippen molar-refractivity contribution in [3.63, 3.8) is 0 Å². The molecule has 1 atom stereocenters. The molecule has 3 heteroatoms. The molecule has 1 N–H and O–H groups in total. The normalized spacial score (nSPS) is 12.2. The molecule has 0 aromatic heterocycles. The first kappa shape index (κ1) is 13.6. The molecule has 1 unspecified atom stereocenters. The third-order valence-electron chi connectivity index (χ3n) is 3.02. The second-order valence-corrected chi connectivity index (χ2v) is 4.51. The van der Waals surface area contributed by atoms with Crippen molar-refractivity contribution in [2.24, 2.45) is 0 Å². The number of rotatable bonds is 5. The van der Waals surface area contributed by atoms with Crippen molar-refractivity contribution < 1.29 is 14.2 Å². The van der Waals surface area contributed by atoms with Crippen LogP contribution in [0.25, 0.3) is 0 Å². The average molecular weight is 260 g/mol. The number of aliphatic hydroxyl groups excluding tert-OH is 1. The monoisotopic (exact) mass is 260 g/mol. The highest BCUT2D eigenvalue weighted by Gasteiger charge is 2.10. The minimum Gasteiger partial charge on any atom is -0.497 e. The molecule has 0 spiro atoms. The Morgan fingerprint density at radius 1 is 1.11 bits per heavy atom. The molecule has 0 fully saturated rings. The van der Waals surface area contributed by atoms with Gasteiger partial charge in [0.1, 0.15) is 11.6 Å². The van der Waals surface area contributed by atoms with E-state index >= 15 is 0 Å². The van der Waals surface area contributed by atoms with Crippen LogP contribution in [-0.4, -0.2) is 18.3 Å². The standard InChI is InChI=1S/C16H17FO2/c1-19-15-7-4-5-12(10-15)9-14(18)11-13-6-2-3-8-16(13)17/h2-8,10,14,18H,9,11H2,1H3. The topological polar surface area (TPSA) is 29.5 Å². The Bertz CT molecular complexity index is 540. The van der Waals surface area contributed by atoms with Crippen LogP contribution in [0.1, 0.15) is 11.1 Å². The zero-order valence-electron chi connectivity index (χ0n) is 10.8. The number of hydrogen-bond acceptors (Lipinski definition) is 2. The first-order chi connectivity index (χ1) is 9.19. The summed E-state index contributed by atoms with van der Waals surface area (Å²) in [6, 6.07) is 14.1. The fraction of sp³-hybridized carbons (Fsp3) is 0.250. The van der Waals surface area contributed by atoms with Crippen LogP contribution in [0.15, 0.2) is 48.5 Å². The highest BCUT2D eigenvalue weighted by atomic mass is 19.1. The molecule has 0 heterocycles. The number of methoxy groups -OCH3 is 1. The van der Waals surface area contributed by atoms with Gasteiger partial charge in [-0.2, -0.15) is 0 Å². The molecule has 2 rings (SSSR count). The van der Waals surface area contributed by atoms with E-state index in [1.807, 2.05) is 24.3 Å². The molecule has 0 saturated carbocycles. The molecule has 2 aromatic carbocycles. The van der Waals surface area contributed by atoms with Gasteiger partial charge in [-0.05, 0) is 35.7 Å². The van der Waals surface area contributed by atoms with Crippen LogP contribution >= 0.6 is 0 Å². The van der Waals surface area contributed by atoms with Gasteiger partial charge in [-0.1, -0.05) is 30.3 Å². The van der Waals surface area contributed by atoms with E-state index in [9.17, 15) is 9.50 Å². The summed E-state index contributed by atoms with van der Waals surface area (Å²) in [5.74, 6) is 0.489. The van der Waals surface area contributed by atoms with Gasteiger partial charge in [0.25, 0.3) is 0 Å². The summed E-state index contributed by atoms with van der Waals surface area (Å²) in [5.41, 5.74) is 1.51. The molecule has 100 valence electrons. The molecular formula is C16H17FO2. The number of ether oxygens (including phenoxy) is 1. The van der Waals surface area contributed by atoms with Gasteiger partial charge in [0.15, 0.2) is 0 Å². The molecule has 0 aliphatic rings. The molecule has 0 amide bonds.